The summed E-state index contributed by atoms with van der Waals surface area (Å²) in [6, 6.07) is 13.5. The summed E-state index contributed by atoms with van der Waals surface area (Å²) in [4.78, 5) is 0. The second-order valence-corrected chi connectivity index (χ2v) is 9.64. The van der Waals surface area contributed by atoms with Crippen molar-refractivity contribution < 1.29 is 4.74 Å². The first kappa shape index (κ1) is 20.5. The van der Waals surface area contributed by atoms with Crippen LogP contribution >= 0.6 is 0 Å². The lowest BCUT2D eigenvalue weighted by Gasteiger charge is -2.39. The molecule has 0 heterocycles. The van der Waals surface area contributed by atoms with Gasteiger partial charge >= 0.3 is 0 Å². The standard InChI is InChI=1S/C28H38O/c1-4-5-21-6-8-22(9-7-21)20(2)23-10-12-24(13-11-23)25-14-15-27-19-28(29-3)17-16-26(27)18-25/h4-5,14-24H,6-13H2,1-3H3/b5-4+. The molecular formula is C28H38O. The Morgan fingerprint density at radius 3 is 2.10 bits per heavy atom. The largest absolute Gasteiger partial charge is 0.497 e. The molecule has 2 aliphatic rings. The van der Waals surface area contributed by atoms with Crippen LogP contribution in [0.4, 0.5) is 0 Å². The Morgan fingerprint density at radius 2 is 1.45 bits per heavy atom. The molecule has 1 nitrogen and oxygen atoms in total. The zero-order valence-corrected chi connectivity index (χ0v) is 18.6. The van der Waals surface area contributed by atoms with Crippen molar-refractivity contribution in [2.24, 2.45) is 23.7 Å². The molecule has 29 heavy (non-hydrogen) atoms. The van der Waals surface area contributed by atoms with E-state index in [2.05, 4.69) is 62.4 Å². The lowest BCUT2D eigenvalue weighted by molar-refractivity contribution is 0.142. The highest BCUT2D eigenvalue weighted by Crippen LogP contribution is 2.44. The van der Waals surface area contributed by atoms with Crippen molar-refractivity contribution in [2.75, 3.05) is 7.11 Å². The summed E-state index contributed by atoms with van der Waals surface area (Å²) >= 11 is 0. The molecule has 0 amide bonds. The SMILES string of the molecule is C/C=C/C1CCC(C(C)C2CCC(c3ccc4cc(OC)ccc4c3)CC2)CC1. The van der Waals surface area contributed by atoms with Crippen molar-refractivity contribution in [1.82, 2.24) is 0 Å². The number of rotatable bonds is 5. The van der Waals surface area contributed by atoms with E-state index in [9.17, 15) is 0 Å². The van der Waals surface area contributed by atoms with Crippen LogP contribution in [0.15, 0.2) is 48.6 Å². The average molecular weight is 391 g/mol. The molecule has 0 spiro atoms. The number of ether oxygens (including phenoxy) is 1. The van der Waals surface area contributed by atoms with Crippen molar-refractivity contribution in [3.8, 4) is 5.75 Å². The zero-order valence-electron chi connectivity index (χ0n) is 18.6. The van der Waals surface area contributed by atoms with Gasteiger partial charge in [-0.15, -0.1) is 0 Å². The number of hydrogen-bond donors (Lipinski definition) is 0. The Labute approximate surface area is 177 Å². The fourth-order valence-electron chi connectivity index (χ4n) is 6.12. The second-order valence-electron chi connectivity index (χ2n) is 9.64. The molecule has 1 atom stereocenters. The number of methoxy groups -OCH3 is 1. The van der Waals surface area contributed by atoms with Crippen LogP contribution in [0.3, 0.4) is 0 Å². The van der Waals surface area contributed by atoms with Gasteiger partial charge in [0.05, 0.1) is 7.11 Å². The fraction of sp³-hybridized carbons (Fsp3) is 0.571. The molecule has 2 aliphatic carbocycles. The highest BCUT2D eigenvalue weighted by atomic mass is 16.5. The quantitative estimate of drug-likeness (QED) is 0.468. The van der Waals surface area contributed by atoms with E-state index in [1.807, 2.05) is 0 Å². The van der Waals surface area contributed by atoms with E-state index < -0.39 is 0 Å². The summed E-state index contributed by atoms with van der Waals surface area (Å²) < 4.78 is 5.37. The van der Waals surface area contributed by atoms with Gasteiger partial charge in [0.1, 0.15) is 5.75 Å². The number of allylic oxidation sites excluding steroid dienone is 2. The van der Waals surface area contributed by atoms with Gasteiger partial charge in [-0.1, -0.05) is 43.3 Å². The molecule has 0 aromatic heterocycles. The Bertz CT molecular complexity index is 819. The van der Waals surface area contributed by atoms with E-state index in [4.69, 9.17) is 4.74 Å². The molecule has 0 bridgehead atoms. The van der Waals surface area contributed by atoms with Crippen LogP contribution in [-0.4, -0.2) is 7.11 Å². The molecule has 4 rings (SSSR count). The number of benzene rings is 2. The molecule has 0 N–H and O–H groups in total. The van der Waals surface area contributed by atoms with Crippen LogP contribution in [0.1, 0.15) is 76.7 Å². The summed E-state index contributed by atoms with van der Waals surface area (Å²) in [7, 11) is 1.74. The number of fused-ring (bicyclic) bond motifs is 1. The first-order valence-corrected chi connectivity index (χ1v) is 11.9. The third-order valence-corrected chi connectivity index (χ3v) is 8.08. The summed E-state index contributed by atoms with van der Waals surface area (Å²) in [5, 5.41) is 2.63. The molecule has 0 saturated heterocycles. The van der Waals surface area contributed by atoms with Gasteiger partial charge in [0.2, 0.25) is 0 Å². The molecule has 1 unspecified atom stereocenters. The maximum atomic E-state index is 5.37. The van der Waals surface area contributed by atoms with Crippen molar-refractivity contribution in [3.05, 3.63) is 54.1 Å². The van der Waals surface area contributed by atoms with Gasteiger partial charge in [0, 0.05) is 0 Å². The minimum absolute atomic E-state index is 0.746. The lowest BCUT2D eigenvalue weighted by Crippen LogP contribution is -2.27. The molecular weight excluding hydrogens is 352 g/mol. The minimum Gasteiger partial charge on any atom is -0.497 e. The molecule has 156 valence electrons. The van der Waals surface area contributed by atoms with Crippen LogP contribution in [0.5, 0.6) is 5.75 Å². The van der Waals surface area contributed by atoms with Gasteiger partial charge in [0.25, 0.3) is 0 Å². The van der Waals surface area contributed by atoms with Gasteiger partial charge < -0.3 is 4.74 Å². The lowest BCUT2D eigenvalue weighted by atomic mass is 9.67. The van der Waals surface area contributed by atoms with Crippen molar-refractivity contribution in [3.63, 3.8) is 0 Å². The van der Waals surface area contributed by atoms with Gasteiger partial charge in [0.15, 0.2) is 0 Å². The van der Waals surface area contributed by atoms with Gasteiger partial charge in [-0.2, -0.15) is 0 Å². The fourth-order valence-corrected chi connectivity index (χ4v) is 6.12. The van der Waals surface area contributed by atoms with Crippen LogP contribution in [0.2, 0.25) is 0 Å². The predicted molar refractivity (Wildman–Crippen MR) is 125 cm³/mol. The van der Waals surface area contributed by atoms with E-state index in [1.165, 1.54) is 62.1 Å². The Balaban J connectivity index is 1.34. The van der Waals surface area contributed by atoms with Crippen molar-refractivity contribution in [2.45, 2.75) is 71.1 Å². The van der Waals surface area contributed by atoms with E-state index in [0.29, 0.717) is 0 Å². The third-order valence-electron chi connectivity index (χ3n) is 8.08. The smallest absolute Gasteiger partial charge is 0.119 e. The van der Waals surface area contributed by atoms with Crippen LogP contribution in [-0.2, 0) is 0 Å². The first-order chi connectivity index (χ1) is 14.2. The van der Waals surface area contributed by atoms with Crippen LogP contribution in [0, 0.1) is 23.7 Å². The van der Waals surface area contributed by atoms with Crippen molar-refractivity contribution in [1.29, 1.82) is 0 Å². The number of hydrogen-bond acceptors (Lipinski definition) is 1. The van der Waals surface area contributed by atoms with E-state index in [1.54, 1.807) is 12.7 Å². The molecule has 1 heteroatoms. The van der Waals surface area contributed by atoms with Crippen LogP contribution in [0.25, 0.3) is 10.8 Å². The predicted octanol–water partition coefficient (Wildman–Crippen LogP) is 8.14. The Kier molecular flexibility index (Phi) is 6.63. The van der Waals surface area contributed by atoms with E-state index >= 15 is 0 Å². The Morgan fingerprint density at radius 1 is 0.828 bits per heavy atom. The first-order valence-electron chi connectivity index (χ1n) is 11.9. The highest BCUT2D eigenvalue weighted by Gasteiger charge is 2.32. The normalized spacial score (nSPS) is 29.2. The molecule has 0 radical (unpaired) electrons. The maximum absolute atomic E-state index is 5.37. The summed E-state index contributed by atoms with van der Waals surface area (Å²) in [6.07, 6.45) is 16.0. The molecule has 2 saturated carbocycles. The van der Waals surface area contributed by atoms with E-state index in [0.717, 1.165) is 35.3 Å². The molecule has 2 fully saturated rings. The summed E-state index contributed by atoms with van der Waals surface area (Å²) in [6.45, 7) is 4.73. The maximum Gasteiger partial charge on any atom is 0.119 e. The average Bonchev–Trinajstić information content (AvgIpc) is 2.79. The second kappa shape index (κ2) is 9.37. The third kappa shape index (κ3) is 4.71. The molecule has 0 aliphatic heterocycles. The zero-order chi connectivity index (χ0) is 20.2. The summed E-state index contributed by atoms with van der Waals surface area (Å²) in [5.41, 5.74) is 1.54. The molecule has 2 aromatic carbocycles. The summed E-state index contributed by atoms with van der Waals surface area (Å²) in [5.74, 6) is 5.36. The van der Waals surface area contributed by atoms with Gasteiger partial charge in [-0.25, -0.2) is 0 Å². The van der Waals surface area contributed by atoms with Crippen molar-refractivity contribution >= 4 is 10.8 Å². The highest BCUT2D eigenvalue weighted by molar-refractivity contribution is 5.84. The Hall–Kier alpha value is -1.76. The monoisotopic (exact) mass is 390 g/mol. The molecule has 2 aromatic rings. The van der Waals surface area contributed by atoms with E-state index in [-0.39, 0.29) is 0 Å². The topological polar surface area (TPSA) is 9.23 Å². The van der Waals surface area contributed by atoms with Gasteiger partial charge in [-0.05, 0) is 116 Å². The van der Waals surface area contributed by atoms with Crippen LogP contribution < -0.4 is 4.74 Å². The van der Waals surface area contributed by atoms with Gasteiger partial charge in [-0.3, -0.25) is 0 Å². The minimum atomic E-state index is 0.746.